The molecule has 0 aliphatic heterocycles. The van der Waals surface area contributed by atoms with Gasteiger partial charge in [-0.2, -0.15) is 0 Å². The summed E-state index contributed by atoms with van der Waals surface area (Å²) < 4.78 is 3.32. The van der Waals surface area contributed by atoms with Crippen molar-refractivity contribution in [3.05, 3.63) is 56.7 Å². The van der Waals surface area contributed by atoms with Gasteiger partial charge in [-0.15, -0.1) is 0 Å². The molecule has 0 saturated heterocycles. The van der Waals surface area contributed by atoms with Crippen LogP contribution in [0.5, 0.6) is 0 Å². The predicted octanol–water partition coefficient (Wildman–Crippen LogP) is 0.907. The lowest BCUT2D eigenvalue weighted by atomic mass is 10.1. The second-order valence-corrected chi connectivity index (χ2v) is 5.80. The van der Waals surface area contributed by atoms with E-state index in [1.165, 1.54) is 10.1 Å². The zero-order valence-electron chi connectivity index (χ0n) is 13.9. The first-order chi connectivity index (χ1) is 11.6. The lowest BCUT2D eigenvalue weighted by Crippen LogP contribution is -2.41. The van der Waals surface area contributed by atoms with Gasteiger partial charge in [-0.05, 0) is 12.0 Å². The largest absolute Gasteiger partial charge is 0.357 e. The molecule has 3 rings (SSSR count). The quantitative estimate of drug-likeness (QED) is 0.588. The lowest BCUT2D eigenvalue weighted by molar-refractivity contribution is -0.657. The number of aryl methyl sites for hydroxylation is 2. The highest BCUT2D eigenvalue weighted by atomic mass is 16.2. The van der Waals surface area contributed by atoms with Gasteiger partial charge in [0.15, 0.2) is 0 Å². The number of hydrogen-bond donors (Lipinski definition) is 3. The molecular formula is C17H22N5O2+. The van der Waals surface area contributed by atoms with Gasteiger partial charge in [0.05, 0.1) is 13.1 Å². The number of aromatic nitrogens is 4. The molecule has 7 heteroatoms. The van der Waals surface area contributed by atoms with Crippen LogP contribution in [-0.4, -0.2) is 21.1 Å². The highest BCUT2D eigenvalue weighted by Crippen LogP contribution is 2.07. The minimum atomic E-state index is -0.423. The maximum Gasteiger partial charge on any atom is 0.357 e. The summed E-state index contributed by atoms with van der Waals surface area (Å²) in [6.45, 7) is 3.47. The Morgan fingerprint density at radius 3 is 2.62 bits per heavy atom. The summed E-state index contributed by atoms with van der Waals surface area (Å²) in [4.78, 5) is 29.5. The molecule has 0 radical (unpaired) electrons. The van der Waals surface area contributed by atoms with Gasteiger partial charge < -0.3 is 0 Å². The molecule has 0 saturated carbocycles. The summed E-state index contributed by atoms with van der Waals surface area (Å²) in [5, 5.41) is 3.35. The summed E-state index contributed by atoms with van der Waals surface area (Å²) >= 11 is 0. The molecule has 0 fully saturated rings. The van der Waals surface area contributed by atoms with Gasteiger partial charge in [-0.3, -0.25) is 19.7 Å². The molecule has 7 nitrogen and oxygen atoms in total. The molecule has 0 amide bonds. The average Bonchev–Trinajstić information content (AvgIpc) is 2.93. The average molecular weight is 328 g/mol. The maximum atomic E-state index is 12.2. The van der Waals surface area contributed by atoms with Crippen LogP contribution in [-0.2, 0) is 20.0 Å². The van der Waals surface area contributed by atoms with E-state index in [2.05, 4.69) is 34.3 Å². The van der Waals surface area contributed by atoms with Crippen LogP contribution in [0.4, 0.5) is 5.95 Å². The van der Waals surface area contributed by atoms with Crippen LogP contribution in [0.1, 0.15) is 18.9 Å². The van der Waals surface area contributed by atoms with E-state index in [4.69, 9.17) is 0 Å². The van der Waals surface area contributed by atoms with E-state index >= 15 is 0 Å². The monoisotopic (exact) mass is 328 g/mol. The number of anilines is 1. The van der Waals surface area contributed by atoms with Gasteiger partial charge in [0.25, 0.3) is 5.56 Å². The van der Waals surface area contributed by atoms with E-state index in [0.29, 0.717) is 17.7 Å². The van der Waals surface area contributed by atoms with Crippen LogP contribution in [0.25, 0.3) is 11.2 Å². The number of rotatable bonds is 6. The smallest absolute Gasteiger partial charge is 0.277 e. The van der Waals surface area contributed by atoms with Crippen LogP contribution in [0.15, 0.2) is 39.9 Å². The Morgan fingerprint density at radius 2 is 1.92 bits per heavy atom. The second-order valence-electron chi connectivity index (χ2n) is 5.80. The van der Waals surface area contributed by atoms with Crippen molar-refractivity contribution in [1.29, 1.82) is 0 Å². The van der Waals surface area contributed by atoms with Crippen molar-refractivity contribution >= 4 is 17.1 Å². The SMILES string of the molecule is CCC[n+]1c(NCCc2ccccc2)[nH]c2c1c(=O)[nH]c(=O)n2C. The summed E-state index contributed by atoms with van der Waals surface area (Å²) in [5.41, 5.74) is 1.47. The zero-order chi connectivity index (χ0) is 17.1. The molecule has 126 valence electrons. The normalized spacial score (nSPS) is 11.1. The first-order valence-electron chi connectivity index (χ1n) is 8.14. The van der Waals surface area contributed by atoms with Gasteiger partial charge in [-0.25, -0.2) is 14.3 Å². The van der Waals surface area contributed by atoms with E-state index in [9.17, 15) is 9.59 Å². The summed E-state index contributed by atoms with van der Waals surface area (Å²) in [7, 11) is 1.64. The van der Waals surface area contributed by atoms with Gasteiger partial charge >= 0.3 is 11.6 Å². The number of hydrogen-bond acceptors (Lipinski definition) is 3. The molecule has 0 bridgehead atoms. The Labute approximate surface area is 139 Å². The van der Waals surface area contributed by atoms with Crippen LogP contribution in [0.3, 0.4) is 0 Å². The first kappa shape index (κ1) is 16.0. The summed E-state index contributed by atoms with van der Waals surface area (Å²) in [5.74, 6) is 0.745. The molecule has 0 aliphatic carbocycles. The maximum absolute atomic E-state index is 12.2. The molecule has 1 aromatic carbocycles. The van der Waals surface area contributed by atoms with Crippen molar-refractivity contribution in [3.63, 3.8) is 0 Å². The summed E-state index contributed by atoms with van der Waals surface area (Å²) in [6.07, 6.45) is 1.75. The van der Waals surface area contributed by atoms with E-state index in [0.717, 1.165) is 25.3 Å². The Bertz CT molecular complexity index is 953. The van der Waals surface area contributed by atoms with E-state index < -0.39 is 5.69 Å². The van der Waals surface area contributed by atoms with Crippen molar-refractivity contribution in [2.45, 2.75) is 26.3 Å². The van der Waals surface area contributed by atoms with Crippen LogP contribution in [0, 0.1) is 0 Å². The molecule has 3 aromatic rings. The standard InChI is InChI=1S/C17H21N5O2/c1-3-11-22-13-14(21(2)17(24)20-15(13)23)19-16(22)18-10-9-12-7-5-4-6-8-12/h4-8H,3,9-11H2,1-2H3,(H2,18,19,20,23,24)/p+1. The molecule has 2 aromatic heterocycles. The molecule has 2 heterocycles. The number of imidazole rings is 1. The molecule has 0 atom stereocenters. The van der Waals surface area contributed by atoms with Crippen LogP contribution in [0.2, 0.25) is 0 Å². The van der Waals surface area contributed by atoms with Crippen molar-refractivity contribution in [1.82, 2.24) is 14.5 Å². The number of fused-ring (bicyclic) bond motifs is 1. The van der Waals surface area contributed by atoms with E-state index in [1.54, 1.807) is 7.05 Å². The van der Waals surface area contributed by atoms with Crippen molar-refractivity contribution in [2.75, 3.05) is 11.9 Å². The summed E-state index contributed by atoms with van der Waals surface area (Å²) in [6, 6.07) is 10.2. The Kier molecular flexibility index (Phi) is 4.50. The fourth-order valence-electron chi connectivity index (χ4n) is 2.85. The van der Waals surface area contributed by atoms with Gasteiger partial charge in [-0.1, -0.05) is 37.3 Å². The van der Waals surface area contributed by atoms with Gasteiger partial charge in [0.2, 0.25) is 11.2 Å². The first-order valence-corrected chi connectivity index (χ1v) is 8.14. The molecule has 0 aliphatic rings. The lowest BCUT2D eigenvalue weighted by Gasteiger charge is -2.03. The van der Waals surface area contributed by atoms with Crippen LogP contribution >= 0.6 is 0 Å². The molecule has 0 unspecified atom stereocenters. The van der Waals surface area contributed by atoms with Crippen molar-refractivity contribution < 1.29 is 4.57 Å². The van der Waals surface area contributed by atoms with E-state index in [-0.39, 0.29) is 5.56 Å². The number of nitrogens with one attached hydrogen (secondary N) is 3. The van der Waals surface area contributed by atoms with Crippen molar-refractivity contribution in [2.24, 2.45) is 7.05 Å². The molecule has 24 heavy (non-hydrogen) atoms. The van der Waals surface area contributed by atoms with Crippen molar-refractivity contribution in [3.8, 4) is 0 Å². The topological polar surface area (TPSA) is 86.6 Å². The third-order valence-electron chi connectivity index (χ3n) is 4.07. The van der Waals surface area contributed by atoms with E-state index in [1.807, 2.05) is 22.8 Å². The fraction of sp³-hybridized carbons (Fsp3) is 0.353. The second kappa shape index (κ2) is 6.74. The zero-order valence-corrected chi connectivity index (χ0v) is 13.9. The molecule has 3 N–H and O–H groups in total. The number of benzene rings is 1. The fourth-order valence-corrected chi connectivity index (χ4v) is 2.85. The Morgan fingerprint density at radius 1 is 1.17 bits per heavy atom. The predicted molar refractivity (Wildman–Crippen MR) is 93.3 cm³/mol. The van der Waals surface area contributed by atoms with Gasteiger partial charge in [0.1, 0.15) is 0 Å². The highest BCUT2D eigenvalue weighted by Gasteiger charge is 2.22. The Balaban J connectivity index is 1.93. The Hall–Kier alpha value is -2.83. The van der Waals surface area contributed by atoms with Crippen LogP contribution < -0.4 is 21.1 Å². The van der Waals surface area contributed by atoms with Gasteiger partial charge in [0, 0.05) is 13.5 Å². The highest BCUT2D eigenvalue weighted by molar-refractivity contribution is 5.67. The minimum Gasteiger partial charge on any atom is -0.277 e. The molecular weight excluding hydrogens is 306 g/mol. The number of H-pyrrole nitrogens is 2. The minimum absolute atomic E-state index is 0.367. The number of nitrogens with zero attached hydrogens (tertiary/aromatic N) is 2. The molecule has 0 spiro atoms. The third-order valence-corrected chi connectivity index (χ3v) is 4.07. The third kappa shape index (κ3) is 2.97. The number of aromatic amines is 2.